The van der Waals surface area contributed by atoms with Crippen LogP contribution in [0.2, 0.25) is 0 Å². The largest absolute Gasteiger partial charge is 0.465 e. The molecule has 1 aliphatic heterocycles. The van der Waals surface area contributed by atoms with E-state index in [4.69, 9.17) is 0 Å². The van der Waals surface area contributed by atoms with Gasteiger partial charge in [-0.05, 0) is 57.9 Å². The second-order valence-corrected chi connectivity index (χ2v) is 9.54. The second-order valence-electron chi connectivity index (χ2n) is 9.54. The Bertz CT molecular complexity index is 1250. The number of amides is 1. The zero-order chi connectivity index (χ0) is 24.8. The van der Waals surface area contributed by atoms with Crippen LogP contribution >= 0.6 is 0 Å². The number of rotatable bonds is 3. The first kappa shape index (κ1) is 23.7. The van der Waals surface area contributed by atoms with Crippen molar-refractivity contribution in [2.45, 2.75) is 51.6 Å². The number of halogens is 3. The molecule has 7 nitrogen and oxygen atoms in total. The Morgan fingerprint density at radius 2 is 1.82 bits per heavy atom. The average molecular weight is 473 g/mol. The minimum atomic E-state index is -1.28. The molecule has 3 aromatic rings. The van der Waals surface area contributed by atoms with Gasteiger partial charge in [-0.1, -0.05) is 0 Å². The molecule has 0 aliphatic carbocycles. The minimum Gasteiger partial charge on any atom is -0.465 e. The lowest BCUT2D eigenvalue weighted by molar-refractivity contribution is 0.0562. The summed E-state index contributed by atoms with van der Waals surface area (Å²) < 4.78 is 42.4. The molecule has 0 bridgehead atoms. The third-order valence-corrected chi connectivity index (χ3v) is 6.12. The molecule has 1 saturated heterocycles. The van der Waals surface area contributed by atoms with E-state index >= 15 is 0 Å². The molecular weight excluding hydrogens is 447 g/mol. The number of aryl methyl sites for hydroxylation is 1. The van der Waals surface area contributed by atoms with Crippen molar-refractivity contribution in [2.75, 3.05) is 18.0 Å². The maximum atomic E-state index is 14.8. The van der Waals surface area contributed by atoms with Crippen LogP contribution in [0.3, 0.4) is 0 Å². The van der Waals surface area contributed by atoms with Gasteiger partial charge >= 0.3 is 6.09 Å². The third-order valence-electron chi connectivity index (χ3n) is 6.12. The molecule has 1 fully saturated rings. The van der Waals surface area contributed by atoms with Crippen molar-refractivity contribution in [1.29, 1.82) is 0 Å². The van der Waals surface area contributed by atoms with Gasteiger partial charge in [0.05, 0.1) is 11.7 Å². The Morgan fingerprint density at radius 3 is 2.50 bits per heavy atom. The number of hydrogen-bond acceptors (Lipinski definition) is 5. The summed E-state index contributed by atoms with van der Waals surface area (Å²) in [6.07, 6.45) is 0.779. The van der Waals surface area contributed by atoms with Crippen LogP contribution in [-0.2, 0) is 0 Å². The summed E-state index contributed by atoms with van der Waals surface area (Å²) in [6, 6.07) is 4.19. The number of aromatic nitrogens is 3. The van der Waals surface area contributed by atoms with E-state index in [-0.39, 0.29) is 12.1 Å². The number of hydrogen-bond donors (Lipinski definition) is 1. The molecule has 0 spiro atoms. The first-order valence-corrected chi connectivity index (χ1v) is 11.0. The van der Waals surface area contributed by atoms with Crippen LogP contribution in [0.25, 0.3) is 11.2 Å². The van der Waals surface area contributed by atoms with Crippen LogP contribution in [0.5, 0.6) is 0 Å². The Hall–Kier alpha value is -3.43. The normalized spacial score (nSPS) is 18.9. The lowest BCUT2D eigenvalue weighted by Gasteiger charge is -2.48. The van der Waals surface area contributed by atoms with Gasteiger partial charge < -0.3 is 10.0 Å². The van der Waals surface area contributed by atoms with E-state index in [1.807, 2.05) is 11.8 Å². The van der Waals surface area contributed by atoms with Gasteiger partial charge in [-0.25, -0.2) is 27.9 Å². The van der Waals surface area contributed by atoms with Crippen molar-refractivity contribution < 1.29 is 23.1 Å². The number of piperidine rings is 1. The predicted octanol–water partition coefficient (Wildman–Crippen LogP) is 4.89. The first-order chi connectivity index (χ1) is 16.0. The SMILES string of the molecule is Cc1cnc2ccc(N3CC[C@H](c4cc(F)c(F)cc4F)[C@@H](N(C(=O)O)C(C)(C)C)C3)nc2n1. The minimum absolute atomic E-state index is 0.0352. The second kappa shape index (κ2) is 8.73. The zero-order valence-corrected chi connectivity index (χ0v) is 19.4. The van der Waals surface area contributed by atoms with E-state index in [9.17, 15) is 23.1 Å². The summed E-state index contributed by atoms with van der Waals surface area (Å²) in [5.74, 6) is -3.43. The Kier molecular flexibility index (Phi) is 6.09. The number of carbonyl (C=O) groups is 1. The third kappa shape index (κ3) is 4.49. The van der Waals surface area contributed by atoms with Gasteiger partial charge in [0.25, 0.3) is 0 Å². The standard InChI is InChI=1S/C24H26F3N5O2/c1-13-11-28-19-5-6-21(30-22(19)29-13)31-8-7-14(15-9-17(26)18(27)10-16(15)25)20(12-31)32(23(33)34)24(2,3)4/h5-6,9-11,14,20H,7-8,12H2,1-4H3,(H,33,34)/t14-,20+/m1/s1. The molecule has 1 aliphatic rings. The molecule has 4 rings (SSSR count). The van der Waals surface area contributed by atoms with Crippen molar-refractivity contribution in [3.63, 3.8) is 0 Å². The van der Waals surface area contributed by atoms with Gasteiger partial charge in [0.2, 0.25) is 0 Å². The summed E-state index contributed by atoms with van der Waals surface area (Å²) in [7, 11) is 0. The monoisotopic (exact) mass is 473 g/mol. The van der Waals surface area contributed by atoms with Crippen LogP contribution in [0.1, 0.15) is 44.4 Å². The smallest absolute Gasteiger partial charge is 0.408 e. The average Bonchev–Trinajstić information content (AvgIpc) is 2.74. The van der Waals surface area contributed by atoms with Gasteiger partial charge in [-0.15, -0.1) is 0 Å². The van der Waals surface area contributed by atoms with Crippen molar-refractivity contribution in [3.05, 3.63) is 59.2 Å². The van der Waals surface area contributed by atoms with Crippen molar-refractivity contribution >= 4 is 23.1 Å². The highest BCUT2D eigenvalue weighted by Crippen LogP contribution is 2.38. The van der Waals surface area contributed by atoms with Crippen molar-refractivity contribution in [1.82, 2.24) is 19.9 Å². The molecule has 0 radical (unpaired) electrons. The van der Waals surface area contributed by atoms with Crippen LogP contribution in [-0.4, -0.2) is 55.7 Å². The molecule has 34 heavy (non-hydrogen) atoms. The number of pyridine rings is 1. The van der Waals surface area contributed by atoms with E-state index < -0.39 is 41.0 Å². The van der Waals surface area contributed by atoms with Gasteiger partial charge in [0.1, 0.15) is 17.2 Å². The number of carboxylic acid groups (broad SMARTS) is 1. The Morgan fingerprint density at radius 1 is 1.12 bits per heavy atom. The van der Waals surface area contributed by atoms with Gasteiger partial charge in [-0.2, -0.15) is 0 Å². The quantitative estimate of drug-likeness (QED) is 0.546. The highest BCUT2D eigenvalue weighted by molar-refractivity contribution is 5.72. The highest BCUT2D eigenvalue weighted by Gasteiger charge is 2.43. The fourth-order valence-corrected chi connectivity index (χ4v) is 4.66. The first-order valence-electron chi connectivity index (χ1n) is 11.0. The van der Waals surface area contributed by atoms with Gasteiger partial charge in [0.15, 0.2) is 17.3 Å². The molecule has 0 saturated carbocycles. The molecule has 2 aromatic heterocycles. The van der Waals surface area contributed by atoms with Crippen LogP contribution in [0, 0.1) is 24.4 Å². The maximum Gasteiger partial charge on any atom is 0.408 e. The van der Waals surface area contributed by atoms with E-state index in [0.717, 1.165) is 6.07 Å². The molecule has 1 amide bonds. The van der Waals surface area contributed by atoms with Crippen molar-refractivity contribution in [2.24, 2.45) is 0 Å². The van der Waals surface area contributed by atoms with Crippen LogP contribution in [0.15, 0.2) is 30.5 Å². The van der Waals surface area contributed by atoms with Crippen LogP contribution < -0.4 is 4.90 Å². The summed E-state index contributed by atoms with van der Waals surface area (Å²) >= 11 is 0. The summed E-state index contributed by atoms with van der Waals surface area (Å²) in [5, 5.41) is 10.1. The number of benzene rings is 1. The lowest BCUT2D eigenvalue weighted by Crippen LogP contribution is -2.59. The van der Waals surface area contributed by atoms with Crippen molar-refractivity contribution in [3.8, 4) is 0 Å². The summed E-state index contributed by atoms with van der Waals surface area (Å²) in [4.78, 5) is 28.8. The van der Waals surface area contributed by atoms with E-state index in [1.54, 1.807) is 39.1 Å². The maximum absolute atomic E-state index is 14.8. The molecule has 3 heterocycles. The summed E-state index contributed by atoms with van der Waals surface area (Å²) in [6.45, 7) is 7.63. The summed E-state index contributed by atoms with van der Waals surface area (Å²) in [5.41, 5.74) is 0.950. The van der Waals surface area contributed by atoms with Gasteiger partial charge in [0, 0.05) is 36.8 Å². The Labute approximate surface area is 195 Å². The van der Waals surface area contributed by atoms with E-state index in [1.165, 1.54) is 4.90 Å². The number of nitrogens with zero attached hydrogens (tertiary/aromatic N) is 5. The fourth-order valence-electron chi connectivity index (χ4n) is 4.66. The molecule has 1 N–H and O–H groups in total. The van der Waals surface area contributed by atoms with E-state index in [0.29, 0.717) is 41.7 Å². The van der Waals surface area contributed by atoms with Crippen LogP contribution in [0.4, 0.5) is 23.8 Å². The zero-order valence-electron chi connectivity index (χ0n) is 19.4. The molecular formula is C24H26F3N5O2. The number of fused-ring (bicyclic) bond motifs is 1. The molecule has 2 atom stereocenters. The van der Waals surface area contributed by atoms with E-state index in [2.05, 4.69) is 15.0 Å². The topological polar surface area (TPSA) is 82.5 Å². The molecule has 1 aromatic carbocycles. The lowest BCUT2D eigenvalue weighted by atomic mass is 9.82. The Balaban J connectivity index is 1.76. The molecule has 180 valence electrons. The van der Waals surface area contributed by atoms with Gasteiger partial charge in [-0.3, -0.25) is 9.88 Å². The highest BCUT2D eigenvalue weighted by atomic mass is 19.2. The fraction of sp³-hybridized carbons (Fsp3) is 0.417. The molecule has 0 unspecified atom stereocenters. The number of anilines is 1. The predicted molar refractivity (Wildman–Crippen MR) is 121 cm³/mol. The molecule has 10 heteroatoms.